The van der Waals surface area contributed by atoms with Gasteiger partial charge in [-0.15, -0.1) is 0 Å². The van der Waals surface area contributed by atoms with Gasteiger partial charge in [0.05, 0.1) is 0 Å². The van der Waals surface area contributed by atoms with Crippen molar-refractivity contribution in [2.24, 2.45) is 11.8 Å². The van der Waals surface area contributed by atoms with E-state index in [1.807, 2.05) is 24.4 Å². The third-order valence-electron chi connectivity index (χ3n) is 5.89. The first-order chi connectivity index (χ1) is 14.2. The van der Waals surface area contributed by atoms with Crippen LogP contribution in [0.1, 0.15) is 90.9 Å². The molecule has 5 heteroatoms. The molecule has 0 aromatic carbocycles. The highest BCUT2D eigenvalue weighted by Crippen LogP contribution is 2.34. The molecular formula is C24H40N2OS2. The van der Waals surface area contributed by atoms with Crippen LogP contribution in [-0.4, -0.2) is 22.7 Å². The summed E-state index contributed by atoms with van der Waals surface area (Å²) in [6, 6.07) is 5.98. The standard InChI is InChI=1S/C24H40N2OS2/c1-3-11-21-12-7-5-4-6-8-13-22(18-21)19-26-23(27)16-15-20(2)28-29-24-14-9-10-17-25-24/h9-10,14,17,20-22H,3-8,11-13,15-16,18-19H2,1-2H3,(H,26,27). The van der Waals surface area contributed by atoms with E-state index in [0.29, 0.717) is 17.6 Å². The van der Waals surface area contributed by atoms with Crippen molar-refractivity contribution >= 4 is 27.5 Å². The highest BCUT2D eigenvalue weighted by molar-refractivity contribution is 8.76. The number of nitrogens with one attached hydrogen (secondary N) is 1. The van der Waals surface area contributed by atoms with Crippen LogP contribution in [0.2, 0.25) is 0 Å². The number of rotatable bonds is 10. The Kier molecular flexibility index (Phi) is 12.9. The Bertz CT molecular complexity index is 555. The third kappa shape index (κ3) is 11.3. The van der Waals surface area contributed by atoms with Crippen LogP contribution in [0, 0.1) is 11.8 Å². The topological polar surface area (TPSA) is 42.0 Å². The smallest absolute Gasteiger partial charge is 0.220 e. The molecule has 1 fully saturated rings. The lowest BCUT2D eigenvalue weighted by Crippen LogP contribution is -2.30. The lowest BCUT2D eigenvalue weighted by molar-refractivity contribution is -0.121. The van der Waals surface area contributed by atoms with Crippen LogP contribution in [0.25, 0.3) is 0 Å². The number of amides is 1. The minimum atomic E-state index is 0.226. The van der Waals surface area contributed by atoms with Crippen molar-refractivity contribution in [3.05, 3.63) is 24.4 Å². The molecule has 1 N–H and O–H groups in total. The summed E-state index contributed by atoms with van der Waals surface area (Å²) in [7, 11) is 3.51. The van der Waals surface area contributed by atoms with Crippen molar-refractivity contribution < 1.29 is 4.79 Å². The van der Waals surface area contributed by atoms with Crippen molar-refractivity contribution in [2.75, 3.05) is 6.54 Å². The largest absolute Gasteiger partial charge is 0.356 e. The summed E-state index contributed by atoms with van der Waals surface area (Å²) < 4.78 is 0. The Morgan fingerprint density at radius 3 is 2.66 bits per heavy atom. The predicted octanol–water partition coefficient (Wildman–Crippen LogP) is 7.27. The summed E-state index contributed by atoms with van der Waals surface area (Å²) in [5, 5.41) is 4.73. The summed E-state index contributed by atoms with van der Waals surface area (Å²) in [6.45, 7) is 5.38. The van der Waals surface area contributed by atoms with E-state index in [1.54, 1.807) is 21.6 Å². The molecule has 3 atom stereocenters. The summed E-state index contributed by atoms with van der Waals surface area (Å²) in [5.41, 5.74) is 0. The minimum Gasteiger partial charge on any atom is -0.356 e. The zero-order valence-corrected chi connectivity index (χ0v) is 20.0. The molecule has 29 heavy (non-hydrogen) atoms. The first-order valence-corrected chi connectivity index (χ1v) is 13.9. The van der Waals surface area contributed by atoms with Gasteiger partial charge in [0, 0.05) is 24.4 Å². The third-order valence-corrected chi connectivity index (χ3v) is 8.75. The predicted molar refractivity (Wildman–Crippen MR) is 128 cm³/mol. The van der Waals surface area contributed by atoms with Gasteiger partial charge in [0.2, 0.25) is 5.91 Å². The molecule has 1 heterocycles. The highest BCUT2D eigenvalue weighted by Gasteiger charge is 2.18. The molecule has 3 unspecified atom stereocenters. The van der Waals surface area contributed by atoms with Gasteiger partial charge in [-0.1, -0.05) is 82.1 Å². The molecule has 0 aliphatic heterocycles. The SMILES string of the molecule is CCCC1CCCCCCCC(CNC(=O)CCC(C)SSc2ccccn2)C1. The lowest BCUT2D eigenvalue weighted by Gasteiger charge is -2.25. The zero-order chi connectivity index (χ0) is 20.7. The van der Waals surface area contributed by atoms with Gasteiger partial charge in [0.15, 0.2) is 0 Å². The van der Waals surface area contributed by atoms with E-state index in [-0.39, 0.29) is 5.91 Å². The van der Waals surface area contributed by atoms with E-state index in [4.69, 9.17) is 0 Å². The molecule has 0 saturated heterocycles. The van der Waals surface area contributed by atoms with Gasteiger partial charge in [-0.25, -0.2) is 4.98 Å². The molecule has 1 aromatic heterocycles. The summed E-state index contributed by atoms with van der Waals surface area (Å²) in [5.74, 6) is 1.75. The monoisotopic (exact) mass is 436 g/mol. The fourth-order valence-electron chi connectivity index (χ4n) is 4.22. The molecule has 3 nitrogen and oxygen atoms in total. The first-order valence-electron chi connectivity index (χ1n) is 11.7. The maximum absolute atomic E-state index is 12.4. The molecule has 1 aliphatic rings. The van der Waals surface area contributed by atoms with E-state index in [1.165, 1.54) is 64.2 Å². The molecule has 0 bridgehead atoms. The van der Waals surface area contributed by atoms with E-state index < -0.39 is 0 Å². The van der Waals surface area contributed by atoms with E-state index >= 15 is 0 Å². The summed E-state index contributed by atoms with van der Waals surface area (Å²) in [4.78, 5) is 16.7. The highest BCUT2D eigenvalue weighted by atomic mass is 33.1. The number of nitrogens with zero attached hydrogens (tertiary/aromatic N) is 1. The average Bonchev–Trinajstić information content (AvgIpc) is 2.74. The van der Waals surface area contributed by atoms with Crippen molar-refractivity contribution in [1.82, 2.24) is 10.3 Å². The fourth-order valence-corrected chi connectivity index (χ4v) is 6.30. The van der Waals surface area contributed by atoms with Gasteiger partial charge >= 0.3 is 0 Å². The van der Waals surface area contributed by atoms with E-state index in [0.717, 1.165) is 23.9 Å². The Morgan fingerprint density at radius 2 is 1.93 bits per heavy atom. The van der Waals surface area contributed by atoms with Crippen molar-refractivity contribution in [1.29, 1.82) is 0 Å². The van der Waals surface area contributed by atoms with Gasteiger partial charge in [-0.05, 0) is 54.0 Å². The first kappa shape index (κ1) is 24.6. The van der Waals surface area contributed by atoms with Gasteiger partial charge in [0.25, 0.3) is 0 Å². The molecule has 0 spiro atoms. The van der Waals surface area contributed by atoms with Crippen LogP contribution < -0.4 is 5.32 Å². The van der Waals surface area contributed by atoms with Crippen LogP contribution in [0.4, 0.5) is 0 Å². The molecule has 1 amide bonds. The number of pyridine rings is 1. The number of aromatic nitrogens is 1. The molecule has 0 radical (unpaired) electrons. The Morgan fingerprint density at radius 1 is 1.17 bits per heavy atom. The van der Waals surface area contributed by atoms with Gasteiger partial charge < -0.3 is 5.32 Å². The second kappa shape index (κ2) is 15.2. The van der Waals surface area contributed by atoms with E-state index in [9.17, 15) is 4.79 Å². The summed E-state index contributed by atoms with van der Waals surface area (Å²) >= 11 is 0. The second-order valence-corrected chi connectivity index (χ2v) is 11.3. The Hall–Kier alpha value is -0.680. The van der Waals surface area contributed by atoms with Crippen LogP contribution >= 0.6 is 21.6 Å². The normalized spacial score (nSPS) is 22.0. The number of hydrogen-bond acceptors (Lipinski definition) is 4. The molecule has 2 rings (SSSR count). The molecule has 1 saturated carbocycles. The summed E-state index contributed by atoms with van der Waals surface area (Å²) in [6.07, 6.45) is 16.9. The quantitative estimate of drug-likeness (QED) is 0.391. The van der Waals surface area contributed by atoms with Crippen LogP contribution in [-0.2, 0) is 4.79 Å². The fraction of sp³-hybridized carbons (Fsp3) is 0.750. The number of hydrogen-bond donors (Lipinski definition) is 1. The minimum absolute atomic E-state index is 0.226. The van der Waals surface area contributed by atoms with Crippen molar-refractivity contribution in [2.45, 2.75) is 101 Å². The van der Waals surface area contributed by atoms with Gasteiger partial charge in [0.1, 0.15) is 5.03 Å². The maximum atomic E-state index is 12.4. The maximum Gasteiger partial charge on any atom is 0.220 e. The average molecular weight is 437 g/mol. The van der Waals surface area contributed by atoms with Gasteiger partial charge in [-0.2, -0.15) is 0 Å². The molecule has 1 aromatic rings. The lowest BCUT2D eigenvalue weighted by atomic mass is 9.83. The molecular weight excluding hydrogens is 396 g/mol. The Balaban J connectivity index is 1.67. The van der Waals surface area contributed by atoms with Crippen LogP contribution in [0.5, 0.6) is 0 Å². The van der Waals surface area contributed by atoms with Crippen LogP contribution in [0.3, 0.4) is 0 Å². The Labute approximate surface area is 186 Å². The number of carbonyl (C=O) groups is 1. The number of carbonyl (C=O) groups excluding carboxylic acids is 1. The van der Waals surface area contributed by atoms with Crippen molar-refractivity contribution in [3.63, 3.8) is 0 Å². The van der Waals surface area contributed by atoms with Crippen LogP contribution in [0.15, 0.2) is 29.4 Å². The molecule has 164 valence electrons. The second-order valence-electron chi connectivity index (χ2n) is 8.60. The van der Waals surface area contributed by atoms with E-state index in [2.05, 4.69) is 24.1 Å². The molecule has 1 aliphatic carbocycles. The van der Waals surface area contributed by atoms with Gasteiger partial charge in [-0.3, -0.25) is 4.79 Å². The zero-order valence-electron chi connectivity index (χ0n) is 18.4. The van der Waals surface area contributed by atoms with Crippen molar-refractivity contribution in [3.8, 4) is 0 Å².